The average molecular weight is 441 g/mol. The van der Waals surface area contributed by atoms with Gasteiger partial charge in [0.15, 0.2) is 0 Å². The molecule has 0 spiro atoms. The lowest BCUT2D eigenvalue weighted by Gasteiger charge is -2.22. The minimum Gasteiger partial charge on any atom is -0.288 e. The predicted molar refractivity (Wildman–Crippen MR) is 111 cm³/mol. The van der Waals surface area contributed by atoms with E-state index in [1.807, 2.05) is 18.2 Å². The van der Waals surface area contributed by atoms with Crippen molar-refractivity contribution < 1.29 is 0 Å². The number of pyridine rings is 1. The second-order valence-electron chi connectivity index (χ2n) is 6.81. The van der Waals surface area contributed by atoms with Crippen molar-refractivity contribution in [2.75, 3.05) is 6.54 Å². The van der Waals surface area contributed by atoms with Gasteiger partial charge in [-0.1, -0.05) is 12.1 Å². The first-order valence-electron chi connectivity index (χ1n) is 8.95. The number of rotatable bonds is 3. The van der Waals surface area contributed by atoms with E-state index in [1.165, 1.54) is 4.70 Å². The maximum atomic E-state index is 12.5. The molecule has 1 aliphatic rings. The van der Waals surface area contributed by atoms with Crippen LogP contribution in [0.3, 0.4) is 0 Å². The molecule has 0 N–H and O–H groups in total. The van der Waals surface area contributed by atoms with Crippen molar-refractivity contribution in [3.8, 4) is 0 Å². The summed E-state index contributed by atoms with van der Waals surface area (Å²) < 4.78 is 3.66. The number of thiazole rings is 1. The molecule has 1 aliphatic heterocycles. The molecular formula is C20H17BrN4OS. The molecule has 0 saturated carbocycles. The molecule has 5 rings (SSSR count). The lowest BCUT2D eigenvalue weighted by molar-refractivity contribution is 0.245. The number of para-hydroxylation sites is 1. The van der Waals surface area contributed by atoms with Gasteiger partial charge in [0.2, 0.25) is 0 Å². The van der Waals surface area contributed by atoms with Crippen LogP contribution in [-0.2, 0) is 6.54 Å². The summed E-state index contributed by atoms with van der Waals surface area (Å²) in [5, 5.41) is 1.16. The van der Waals surface area contributed by atoms with E-state index >= 15 is 0 Å². The maximum Gasteiger partial charge on any atom is 0.258 e. The third-order valence-electron chi connectivity index (χ3n) is 5.00. The summed E-state index contributed by atoms with van der Waals surface area (Å²) in [7, 11) is 0. The first-order chi connectivity index (χ1) is 13.2. The van der Waals surface area contributed by atoms with Crippen LogP contribution >= 0.6 is 27.3 Å². The first kappa shape index (κ1) is 17.0. The van der Waals surface area contributed by atoms with E-state index in [0.717, 1.165) is 40.1 Å². The molecule has 1 saturated heterocycles. The van der Waals surface area contributed by atoms with E-state index in [2.05, 4.69) is 39.0 Å². The fourth-order valence-corrected chi connectivity index (χ4v) is 5.22. The van der Waals surface area contributed by atoms with Gasteiger partial charge in [0.05, 0.1) is 22.0 Å². The third-order valence-corrected chi connectivity index (χ3v) is 6.61. The molecule has 1 unspecified atom stereocenters. The number of halogens is 1. The van der Waals surface area contributed by atoms with Crippen molar-refractivity contribution in [1.29, 1.82) is 0 Å². The summed E-state index contributed by atoms with van der Waals surface area (Å²) in [6.45, 7) is 1.67. The molecular weight excluding hydrogens is 424 g/mol. The van der Waals surface area contributed by atoms with Crippen LogP contribution < -0.4 is 5.56 Å². The zero-order valence-electron chi connectivity index (χ0n) is 14.5. The van der Waals surface area contributed by atoms with Crippen LogP contribution in [0, 0.1) is 0 Å². The average Bonchev–Trinajstić information content (AvgIpc) is 3.28. The van der Waals surface area contributed by atoms with Crippen molar-refractivity contribution in [3.05, 3.63) is 74.2 Å². The van der Waals surface area contributed by atoms with Crippen molar-refractivity contribution in [3.63, 3.8) is 0 Å². The molecule has 0 radical (unpaired) electrons. The van der Waals surface area contributed by atoms with E-state index in [4.69, 9.17) is 9.97 Å². The van der Waals surface area contributed by atoms with Crippen LogP contribution in [0.25, 0.3) is 15.9 Å². The van der Waals surface area contributed by atoms with Gasteiger partial charge in [0.25, 0.3) is 5.56 Å². The third kappa shape index (κ3) is 3.20. The van der Waals surface area contributed by atoms with Crippen molar-refractivity contribution in [2.24, 2.45) is 0 Å². The number of hydrogen-bond donors (Lipinski definition) is 0. The Morgan fingerprint density at radius 1 is 1.19 bits per heavy atom. The Morgan fingerprint density at radius 2 is 2.07 bits per heavy atom. The Bertz CT molecular complexity index is 1170. The van der Waals surface area contributed by atoms with Crippen LogP contribution in [0.2, 0.25) is 0 Å². The van der Waals surface area contributed by atoms with Gasteiger partial charge in [-0.25, -0.2) is 9.97 Å². The van der Waals surface area contributed by atoms with Gasteiger partial charge in [-0.3, -0.25) is 14.1 Å². The summed E-state index contributed by atoms with van der Waals surface area (Å²) in [5.74, 6) is 0. The molecule has 0 amide bonds. The Labute approximate surface area is 168 Å². The zero-order valence-corrected chi connectivity index (χ0v) is 16.9. The number of fused-ring (bicyclic) bond motifs is 2. The highest BCUT2D eigenvalue weighted by atomic mass is 79.9. The van der Waals surface area contributed by atoms with E-state index in [-0.39, 0.29) is 5.56 Å². The fraction of sp³-hybridized carbons (Fsp3) is 0.250. The van der Waals surface area contributed by atoms with E-state index in [9.17, 15) is 4.79 Å². The highest BCUT2D eigenvalue weighted by Gasteiger charge is 2.29. The SMILES string of the molecule is O=c1cc(CN2CCCC2c2nc3ccccc3s2)nc2ccc(Br)cn12. The Hall–Kier alpha value is -2.09. The van der Waals surface area contributed by atoms with Crippen LogP contribution in [0.4, 0.5) is 0 Å². The van der Waals surface area contributed by atoms with Gasteiger partial charge < -0.3 is 0 Å². The molecule has 5 nitrogen and oxygen atoms in total. The summed E-state index contributed by atoms with van der Waals surface area (Å²) >= 11 is 5.17. The van der Waals surface area contributed by atoms with E-state index in [0.29, 0.717) is 18.2 Å². The summed E-state index contributed by atoms with van der Waals surface area (Å²) in [5.41, 5.74) is 2.51. The molecule has 4 aromatic rings. The molecule has 0 aliphatic carbocycles. The number of benzene rings is 1. The molecule has 27 heavy (non-hydrogen) atoms. The first-order valence-corrected chi connectivity index (χ1v) is 10.6. The standard InChI is InChI=1S/C20H17BrN4OS/c21-13-7-8-18-22-14(10-19(26)25(18)11-13)12-24-9-3-5-16(24)20-23-15-4-1-2-6-17(15)27-20/h1-2,4,6-8,10-11,16H,3,5,9,12H2. The summed E-state index contributed by atoms with van der Waals surface area (Å²) in [6.07, 6.45) is 3.99. The van der Waals surface area contributed by atoms with Crippen molar-refractivity contribution in [2.45, 2.75) is 25.4 Å². The summed E-state index contributed by atoms with van der Waals surface area (Å²) in [6, 6.07) is 14.0. The summed E-state index contributed by atoms with van der Waals surface area (Å²) in [4.78, 5) is 24.4. The lowest BCUT2D eigenvalue weighted by Crippen LogP contribution is -2.25. The molecule has 7 heteroatoms. The molecule has 136 valence electrons. The van der Waals surface area contributed by atoms with Gasteiger partial charge in [0, 0.05) is 23.3 Å². The minimum atomic E-state index is -0.0490. The number of nitrogens with zero attached hydrogens (tertiary/aromatic N) is 4. The van der Waals surface area contributed by atoms with Crippen LogP contribution in [0.5, 0.6) is 0 Å². The largest absolute Gasteiger partial charge is 0.288 e. The predicted octanol–water partition coefficient (Wildman–Crippen LogP) is 4.40. The van der Waals surface area contributed by atoms with Gasteiger partial charge in [-0.15, -0.1) is 11.3 Å². The Balaban J connectivity index is 1.46. The smallest absolute Gasteiger partial charge is 0.258 e. The van der Waals surface area contributed by atoms with Gasteiger partial charge in [0.1, 0.15) is 10.7 Å². The monoisotopic (exact) mass is 440 g/mol. The Kier molecular flexibility index (Phi) is 4.30. The van der Waals surface area contributed by atoms with Crippen LogP contribution in [-0.4, -0.2) is 25.8 Å². The molecule has 1 fully saturated rings. The van der Waals surface area contributed by atoms with Crippen molar-refractivity contribution >= 4 is 43.1 Å². The lowest BCUT2D eigenvalue weighted by atomic mass is 10.2. The highest BCUT2D eigenvalue weighted by molar-refractivity contribution is 9.10. The molecule has 0 bridgehead atoms. The highest BCUT2D eigenvalue weighted by Crippen LogP contribution is 2.37. The minimum absolute atomic E-state index is 0.0490. The topological polar surface area (TPSA) is 50.5 Å². The van der Waals surface area contributed by atoms with Gasteiger partial charge >= 0.3 is 0 Å². The van der Waals surface area contributed by atoms with Gasteiger partial charge in [-0.2, -0.15) is 0 Å². The molecule has 3 aromatic heterocycles. The Morgan fingerprint density at radius 3 is 2.96 bits per heavy atom. The van der Waals surface area contributed by atoms with Crippen LogP contribution in [0.15, 0.2) is 57.9 Å². The zero-order chi connectivity index (χ0) is 18.4. The van der Waals surface area contributed by atoms with Crippen LogP contribution in [0.1, 0.15) is 29.6 Å². The van der Waals surface area contributed by atoms with E-state index in [1.54, 1.807) is 28.0 Å². The number of hydrogen-bond acceptors (Lipinski definition) is 5. The van der Waals surface area contributed by atoms with Crippen molar-refractivity contribution in [1.82, 2.24) is 19.3 Å². The maximum absolute atomic E-state index is 12.5. The number of likely N-dealkylation sites (tertiary alicyclic amines) is 1. The van der Waals surface area contributed by atoms with E-state index < -0.39 is 0 Å². The second-order valence-corrected chi connectivity index (χ2v) is 8.79. The molecule has 1 aromatic carbocycles. The number of aromatic nitrogens is 3. The normalized spacial score (nSPS) is 17.9. The second kappa shape index (κ2) is 6.82. The van der Waals surface area contributed by atoms with Gasteiger partial charge in [-0.05, 0) is 59.6 Å². The fourth-order valence-electron chi connectivity index (χ4n) is 3.74. The molecule has 4 heterocycles. The quantitative estimate of drug-likeness (QED) is 0.473. The molecule has 1 atom stereocenters.